The highest BCUT2D eigenvalue weighted by molar-refractivity contribution is 5.94. The lowest BCUT2D eigenvalue weighted by molar-refractivity contribution is -0.0451. The van der Waals surface area contributed by atoms with Crippen molar-refractivity contribution in [3.8, 4) is 0 Å². The van der Waals surface area contributed by atoms with E-state index < -0.39 is 0 Å². The monoisotopic (exact) mass is 358 g/mol. The smallest absolute Gasteiger partial charge is 0.255 e. The lowest BCUT2D eigenvalue weighted by atomic mass is 9.86. The second-order valence-corrected chi connectivity index (χ2v) is 8.24. The highest BCUT2D eigenvalue weighted by Gasteiger charge is 2.44. The van der Waals surface area contributed by atoms with E-state index in [-0.39, 0.29) is 11.5 Å². The molecule has 1 aromatic heterocycles. The van der Waals surface area contributed by atoms with Gasteiger partial charge in [0.25, 0.3) is 5.91 Å². The van der Waals surface area contributed by atoms with Crippen LogP contribution in [0.15, 0.2) is 24.5 Å². The minimum atomic E-state index is -0.132. The van der Waals surface area contributed by atoms with Gasteiger partial charge in [0.15, 0.2) is 0 Å². The van der Waals surface area contributed by atoms with Crippen LogP contribution >= 0.6 is 0 Å². The van der Waals surface area contributed by atoms with Gasteiger partial charge in [-0.3, -0.25) is 9.78 Å². The number of piperidine rings is 1. The van der Waals surface area contributed by atoms with E-state index in [0.717, 1.165) is 71.7 Å². The average Bonchev–Trinajstić information content (AvgIpc) is 3.05. The molecule has 3 fully saturated rings. The van der Waals surface area contributed by atoms with Crippen LogP contribution in [0.5, 0.6) is 0 Å². The first kappa shape index (κ1) is 17.9. The Labute approximate surface area is 156 Å². The number of piperazine rings is 1. The van der Waals surface area contributed by atoms with Crippen molar-refractivity contribution in [3.63, 3.8) is 0 Å². The number of hydrogen-bond acceptors (Lipinski definition) is 5. The van der Waals surface area contributed by atoms with Gasteiger partial charge >= 0.3 is 0 Å². The van der Waals surface area contributed by atoms with Crippen LogP contribution in [-0.2, 0) is 4.74 Å². The minimum absolute atomic E-state index is 0.0864. The number of carbonyl (C=O) groups is 1. The fourth-order valence-corrected chi connectivity index (χ4v) is 4.68. The number of rotatable bonds is 3. The Morgan fingerprint density at radius 2 is 2.15 bits per heavy atom. The lowest BCUT2D eigenvalue weighted by Gasteiger charge is -2.40. The van der Waals surface area contributed by atoms with E-state index >= 15 is 0 Å². The van der Waals surface area contributed by atoms with Gasteiger partial charge in [0, 0.05) is 58.2 Å². The maximum atomic E-state index is 12.8. The van der Waals surface area contributed by atoms with Crippen LogP contribution in [-0.4, -0.2) is 90.7 Å². The van der Waals surface area contributed by atoms with E-state index in [0.29, 0.717) is 11.5 Å². The van der Waals surface area contributed by atoms with Crippen molar-refractivity contribution in [1.82, 2.24) is 19.7 Å². The third-order valence-electron chi connectivity index (χ3n) is 6.13. The third kappa shape index (κ3) is 3.92. The van der Waals surface area contributed by atoms with Crippen molar-refractivity contribution in [3.05, 3.63) is 30.1 Å². The van der Waals surface area contributed by atoms with Crippen LogP contribution in [0.3, 0.4) is 0 Å². The molecule has 3 saturated heterocycles. The molecule has 0 saturated carbocycles. The summed E-state index contributed by atoms with van der Waals surface area (Å²) in [6, 6.07) is 3.67. The SMILES string of the molecule is CN1CCN(C[C@H]2CO[C@@]3(CCCN(C(=O)c4cccnc4)C3)C2)CC1. The van der Waals surface area contributed by atoms with E-state index in [1.807, 2.05) is 17.0 Å². The first-order valence-corrected chi connectivity index (χ1v) is 9.88. The number of likely N-dealkylation sites (tertiary alicyclic amines) is 1. The largest absolute Gasteiger partial charge is 0.373 e. The molecule has 1 amide bonds. The molecule has 1 aromatic rings. The van der Waals surface area contributed by atoms with E-state index in [1.165, 1.54) is 0 Å². The van der Waals surface area contributed by atoms with E-state index in [1.54, 1.807) is 12.4 Å². The molecule has 26 heavy (non-hydrogen) atoms. The Bertz CT molecular complexity index is 617. The Kier molecular flexibility index (Phi) is 5.25. The van der Waals surface area contributed by atoms with Gasteiger partial charge in [0.1, 0.15) is 0 Å². The van der Waals surface area contributed by atoms with Crippen LogP contribution in [0.2, 0.25) is 0 Å². The van der Waals surface area contributed by atoms with Crippen LogP contribution in [0.25, 0.3) is 0 Å². The first-order valence-electron chi connectivity index (χ1n) is 9.88. The molecule has 0 aliphatic carbocycles. The van der Waals surface area contributed by atoms with Crippen molar-refractivity contribution >= 4 is 5.91 Å². The molecule has 3 aliphatic heterocycles. The highest BCUT2D eigenvalue weighted by Crippen LogP contribution is 2.38. The van der Waals surface area contributed by atoms with E-state index in [2.05, 4.69) is 21.8 Å². The molecule has 6 heteroatoms. The standard InChI is InChI=1S/C20H30N4O2/c1-22-8-10-23(11-9-22)14-17-12-20(26-15-17)5-3-7-24(16-20)19(25)18-4-2-6-21-13-18/h2,4,6,13,17H,3,5,7-12,14-16H2,1H3/t17-,20-/m0/s1. The molecule has 4 heterocycles. The molecule has 142 valence electrons. The molecule has 0 aromatic carbocycles. The van der Waals surface area contributed by atoms with Gasteiger partial charge in [-0.2, -0.15) is 0 Å². The quantitative estimate of drug-likeness (QED) is 0.816. The summed E-state index contributed by atoms with van der Waals surface area (Å²) in [6.07, 6.45) is 6.54. The molecule has 6 nitrogen and oxygen atoms in total. The van der Waals surface area contributed by atoms with Gasteiger partial charge in [-0.15, -0.1) is 0 Å². The molecule has 0 N–H and O–H groups in total. The van der Waals surface area contributed by atoms with E-state index in [9.17, 15) is 4.79 Å². The third-order valence-corrected chi connectivity index (χ3v) is 6.13. The predicted molar refractivity (Wildman–Crippen MR) is 100 cm³/mol. The maximum Gasteiger partial charge on any atom is 0.255 e. The van der Waals surface area contributed by atoms with Gasteiger partial charge in [0.05, 0.1) is 17.8 Å². The van der Waals surface area contributed by atoms with Crippen molar-refractivity contribution < 1.29 is 9.53 Å². The number of carbonyl (C=O) groups excluding carboxylic acids is 1. The summed E-state index contributed by atoms with van der Waals surface area (Å²) in [5.41, 5.74) is 0.546. The fraction of sp³-hybridized carbons (Fsp3) is 0.700. The molecule has 0 radical (unpaired) electrons. The summed E-state index contributed by atoms with van der Waals surface area (Å²) in [5, 5.41) is 0. The number of likely N-dealkylation sites (N-methyl/N-ethyl adjacent to an activating group) is 1. The lowest BCUT2D eigenvalue weighted by Crippen LogP contribution is -2.50. The predicted octanol–water partition coefficient (Wildman–Crippen LogP) is 1.34. The molecule has 1 spiro atoms. The van der Waals surface area contributed by atoms with Crippen molar-refractivity contribution in [2.24, 2.45) is 5.92 Å². The number of aromatic nitrogens is 1. The molecular formula is C20H30N4O2. The number of amides is 1. The van der Waals surface area contributed by atoms with Gasteiger partial charge in [0.2, 0.25) is 0 Å². The van der Waals surface area contributed by atoms with Crippen LogP contribution in [0, 0.1) is 5.92 Å². The van der Waals surface area contributed by atoms with Crippen LogP contribution in [0.1, 0.15) is 29.6 Å². The molecule has 2 atom stereocenters. The van der Waals surface area contributed by atoms with Gasteiger partial charge < -0.3 is 19.4 Å². The Morgan fingerprint density at radius 3 is 2.92 bits per heavy atom. The number of pyridine rings is 1. The summed E-state index contributed by atoms with van der Waals surface area (Å²) in [5.74, 6) is 0.676. The second kappa shape index (κ2) is 7.62. The number of hydrogen-bond donors (Lipinski definition) is 0. The van der Waals surface area contributed by atoms with Gasteiger partial charge in [-0.1, -0.05) is 0 Å². The van der Waals surface area contributed by atoms with Crippen molar-refractivity contribution in [2.45, 2.75) is 24.9 Å². The summed E-state index contributed by atoms with van der Waals surface area (Å²) in [6.45, 7) is 8.14. The van der Waals surface area contributed by atoms with E-state index in [4.69, 9.17) is 4.74 Å². The Morgan fingerprint density at radius 1 is 1.31 bits per heavy atom. The zero-order chi connectivity index (χ0) is 18.0. The summed E-state index contributed by atoms with van der Waals surface area (Å²) < 4.78 is 6.33. The zero-order valence-corrected chi connectivity index (χ0v) is 15.8. The molecule has 3 aliphatic rings. The van der Waals surface area contributed by atoms with Crippen molar-refractivity contribution in [2.75, 3.05) is 59.5 Å². The van der Waals surface area contributed by atoms with Crippen molar-refractivity contribution in [1.29, 1.82) is 0 Å². The van der Waals surface area contributed by atoms with Gasteiger partial charge in [-0.25, -0.2) is 0 Å². The maximum absolute atomic E-state index is 12.8. The van der Waals surface area contributed by atoms with Crippen LogP contribution in [0.4, 0.5) is 0 Å². The molecule has 0 bridgehead atoms. The van der Waals surface area contributed by atoms with Crippen LogP contribution < -0.4 is 0 Å². The number of nitrogens with zero attached hydrogens (tertiary/aromatic N) is 4. The summed E-state index contributed by atoms with van der Waals surface area (Å²) >= 11 is 0. The summed E-state index contributed by atoms with van der Waals surface area (Å²) in [7, 11) is 2.20. The minimum Gasteiger partial charge on any atom is -0.373 e. The topological polar surface area (TPSA) is 48.9 Å². The fourth-order valence-electron chi connectivity index (χ4n) is 4.68. The zero-order valence-electron chi connectivity index (χ0n) is 15.8. The summed E-state index contributed by atoms with van der Waals surface area (Å²) in [4.78, 5) is 23.8. The second-order valence-electron chi connectivity index (χ2n) is 8.24. The Balaban J connectivity index is 1.34. The number of ether oxygens (including phenoxy) is 1. The molecule has 0 unspecified atom stereocenters. The molecule has 4 rings (SSSR count). The first-order chi connectivity index (χ1) is 12.6. The highest BCUT2D eigenvalue weighted by atomic mass is 16.5. The average molecular weight is 358 g/mol. The Hall–Kier alpha value is -1.50. The molecular weight excluding hydrogens is 328 g/mol. The normalized spacial score (nSPS) is 30.8. The van der Waals surface area contributed by atoms with Gasteiger partial charge in [-0.05, 0) is 44.4 Å².